The van der Waals surface area contributed by atoms with E-state index in [1.54, 1.807) is 12.2 Å². The Balaban J connectivity index is 3.43. The molecule has 0 aliphatic heterocycles. The van der Waals surface area contributed by atoms with E-state index in [0.717, 1.165) is 38.5 Å². The molecule has 2 N–H and O–H groups in total. The second-order valence-electron chi connectivity index (χ2n) is 9.63. The monoisotopic (exact) mass is 510 g/mol. The summed E-state index contributed by atoms with van der Waals surface area (Å²) in [7, 11) is 0. The van der Waals surface area contributed by atoms with E-state index < -0.39 is 12.1 Å². The molecule has 3 nitrogen and oxygen atoms in total. The Morgan fingerprint density at radius 3 is 1.84 bits per heavy atom. The van der Waals surface area contributed by atoms with Gasteiger partial charge in [0.05, 0.1) is 6.10 Å². The summed E-state index contributed by atoms with van der Waals surface area (Å²) in [5.41, 5.74) is 0. The number of aliphatic hydroxyl groups excluding tert-OH is 1. The molecule has 0 aromatic heterocycles. The third-order valence-electron chi connectivity index (χ3n) is 6.06. The van der Waals surface area contributed by atoms with Crippen molar-refractivity contribution in [2.45, 2.75) is 135 Å². The van der Waals surface area contributed by atoms with E-state index >= 15 is 0 Å². The molecule has 0 rings (SSSR count). The van der Waals surface area contributed by atoms with Gasteiger partial charge in [0.15, 0.2) is 0 Å². The zero-order valence-electron chi connectivity index (χ0n) is 23.6. The highest BCUT2D eigenvalue weighted by Crippen LogP contribution is 2.13. The molecule has 0 aliphatic rings. The molecular formula is C34H54O3. The van der Waals surface area contributed by atoms with Crippen molar-refractivity contribution in [2.24, 2.45) is 0 Å². The summed E-state index contributed by atoms with van der Waals surface area (Å²) >= 11 is 0. The van der Waals surface area contributed by atoms with Crippen molar-refractivity contribution < 1.29 is 15.0 Å². The normalized spacial score (nSPS) is 12.9. The van der Waals surface area contributed by atoms with Crippen LogP contribution in [0.15, 0.2) is 60.8 Å². The Labute approximate surface area is 228 Å². The van der Waals surface area contributed by atoms with Gasteiger partial charge in [-0.15, -0.1) is 0 Å². The van der Waals surface area contributed by atoms with Gasteiger partial charge in [-0.1, -0.05) is 132 Å². The lowest BCUT2D eigenvalue weighted by Crippen LogP contribution is -1.98. The Morgan fingerprint density at radius 2 is 1.24 bits per heavy atom. The van der Waals surface area contributed by atoms with E-state index in [0.29, 0.717) is 12.8 Å². The number of allylic oxidation sites excluding steroid dienone is 8. The Morgan fingerprint density at radius 1 is 0.703 bits per heavy atom. The Hall–Kier alpha value is -2.31. The maximum Gasteiger partial charge on any atom is 0.303 e. The smallest absolute Gasteiger partial charge is 0.303 e. The predicted molar refractivity (Wildman–Crippen MR) is 161 cm³/mol. The van der Waals surface area contributed by atoms with Gasteiger partial charge in [0, 0.05) is 12.8 Å². The lowest BCUT2D eigenvalue weighted by Gasteiger charge is -2.02. The number of aliphatic hydroxyl groups is 1. The Kier molecular flexibility index (Phi) is 28.0. The van der Waals surface area contributed by atoms with Gasteiger partial charge >= 0.3 is 5.97 Å². The van der Waals surface area contributed by atoms with Gasteiger partial charge in [0.1, 0.15) is 0 Å². The predicted octanol–water partition coefficient (Wildman–Crippen LogP) is 9.65. The molecule has 0 radical (unpaired) electrons. The minimum absolute atomic E-state index is 0.327. The number of unbranched alkanes of at least 4 members (excludes halogenated alkanes) is 12. The molecule has 0 spiro atoms. The maximum absolute atomic E-state index is 10.4. The van der Waals surface area contributed by atoms with E-state index in [2.05, 4.69) is 61.3 Å². The fourth-order valence-electron chi connectivity index (χ4n) is 3.87. The molecule has 0 amide bonds. The maximum atomic E-state index is 10.4. The molecule has 0 aromatic carbocycles. The van der Waals surface area contributed by atoms with Crippen LogP contribution in [-0.2, 0) is 4.79 Å². The molecule has 3 heteroatoms. The standard InChI is InChI=1S/C34H54O3/c1-2-3-27-30-33(35)31-28-25-23-21-19-17-15-13-11-9-7-5-4-6-8-10-12-14-16-18-20-22-24-26-29-32-34(36)37/h3,5,7,11,13,17,19,27-28,31,33,35H,2,4,6,8-10,12,14-16,18,20-22,24,26,29-30,32H2,1H3,(H,36,37). The number of rotatable bonds is 24. The third kappa shape index (κ3) is 31.7. The van der Waals surface area contributed by atoms with Crippen LogP contribution < -0.4 is 0 Å². The molecule has 0 fully saturated rings. The van der Waals surface area contributed by atoms with Crippen molar-refractivity contribution in [3.05, 3.63) is 60.8 Å². The molecule has 208 valence electrons. The van der Waals surface area contributed by atoms with Crippen LogP contribution in [0.1, 0.15) is 129 Å². The van der Waals surface area contributed by atoms with Gasteiger partial charge in [0.2, 0.25) is 0 Å². The highest BCUT2D eigenvalue weighted by atomic mass is 16.4. The lowest BCUT2D eigenvalue weighted by molar-refractivity contribution is -0.137. The van der Waals surface area contributed by atoms with E-state index in [9.17, 15) is 9.90 Å². The molecular weight excluding hydrogens is 456 g/mol. The van der Waals surface area contributed by atoms with Crippen LogP contribution in [-0.4, -0.2) is 22.3 Å². The SMILES string of the molecule is CCC=CCC(O)C=CC#CCC=CCC=CCC=CCCCCCCCCCCCCCCC(=O)O. The first-order chi connectivity index (χ1) is 18.2. The van der Waals surface area contributed by atoms with Gasteiger partial charge in [-0.3, -0.25) is 4.79 Å². The van der Waals surface area contributed by atoms with Crippen molar-refractivity contribution in [1.29, 1.82) is 0 Å². The number of aliphatic carboxylic acids is 1. The average Bonchev–Trinajstić information content (AvgIpc) is 2.88. The topological polar surface area (TPSA) is 57.5 Å². The van der Waals surface area contributed by atoms with E-state index in [1.807, 2.05) is 6.08 Å². The second-order valence-corrected chi connectivity index (χ2v) is 9.63. The quantitative estimate of drug-likeness (QED) is 0.0772. The molecule has 0 aliphatic carbocycles. The van der Waals surface area contributed by atoms with Crippen LogP contribution in [0, 0.1) is 11.8 Å². The van der Waals surface area contributed by atoms with Crippen molar-refractivity contribution >= 4 is 5.97 Å². The summed E-state index contributed by atoms with van der Waals surface area (Å²) in [5.74, 6) is 5.37. The van der Waals surface area contributed by atoms with Crippen molar-refractivity contribution in [3.8, 4) is 11.8 Å². The molecule has 0 bridgehead atoms. The Bertz CT molecular complexity index is 715. The first-order valence-corrected chi connectivity index (χ1v) is 14.8. The van der Waals surface area contributed by atoms with Crippen LogP contribution in [0.2, 0.25) is 0 Å². The summed E-state index contributed by atoms with van der Waals surface area (Å²) in [6.45, 7) is 2.08. The van der Waals surface area contributed by atoms with Gasteiger partial charge in [-0.25, -0.2) is 0 Å². The van der Waals surface area contributed by atoms with Gasteiger partial charge in [0.25, 0.3) is 0 Å². The molecule has 1 atom stereocenters. The van der Waals surface area contributed by atoms with Crippen molar-refractivity contribution in [2.75, 3.05) is 0 Å². The summed E-state index contributed by atoms with van der Waals surface area (Å²) in [4.78, 5) is 10.4. The number of hydrogen-bond donors (Lipinski definition) is 2. The van der Waals surface area contributed by atoms with Gasteiger partial charge in [-0.05, 0) is 57.1 Å². The molecule has 1 unspecified atom stereocenters. The summed E-state index contributed by atoms with van der Waals surface area (Å²) in [5, 5.41) is 18.3. The fourth-order valence-corrected chi connectivity index (χ4v) is 3.87. The molecule has 0 heterocycles. The van der Waals surface area contributed by atoms with Crippen LogP contribution in [0.25, 0.3) is 0 Å². The number of hydrogen-bond acceptors (Lipinski definition) is 2. The zero-order valence-corrected chi connectivity index (χ0v) is 23.6. The van der Waals surface area contributed by atoms with Crippen LogP contribution in [0.5, 0.6) is 0 Å². The third-order valence-corrected chi connectivity index (χ3v) is 6.06. The fraction of sp³-hybridized carbons (Fsp3) is 0.618. The second kappa shape index (κ2) is 29.9. The van der Waals surface area contributed by atoms with Gasteiger partial charge in [-0.2, -0.15) is 0 Å². The minimum atomic E-state index is -0.666. The molecule has 0 saturated carbocycles. The average molecular weight is 511 g/mol. The highest BCUT2D eigenvalue weighted by Gasteiger charge is 1.97. The first kappa shape index (κ1) is 34.7. The number of carbonyl (C=O) groups is 1. The summed E-state index contributed by atoms with van der Waals surface area (Å²) in [6.07, 6.45) is 41.3. The van der Waals surface area contributed by atoms with E-state index in [4.69, 9.17) is 5.11 Å². The van der Waals surface area contributed by atoms with Crippen LogP contribution in [0.4, 0.5) is 0 Å². The lowest BCUT2D eigenvalue weighted by atomic mass is 10.0. The van der Waals surface area contributed by atoms with Crippen molar-refractivity contribution in [3.63, 3.8) is 0 Å². The number of carboxylic acid groups (broad SMARTS) is 1. The van der Waals surface area contributed by atoms with Crippen molar-refractivity contribution in [1.82, 2.24) is 0 Å². The summed E-state index contributed by atoms with van der Waals surface area (Å²) < 4.78 is 0. The van der Waals surface area contributed by atoms with Crippen LogP contribution in [0.3, 0.4) is 0 Å². The largest absolute Gasteiger partial charge is 0.481 e. The first-order valence-electron chi connectivity index (χ1n) is 14.8. The van der Waals surface area contributed by atoms with Gasteiger partial charge < -0.3 is 10.2 Å². The molecule has 37 heavy (non-hydrogen) atoms. The molecule has 0 aromatic rings. The number of carboxylic acids is 1. The zero-order chi connectivity index (χ0) is 27.1. The van der Waals surface area contributed by atoms with E-state index in [-0.39, 0.29) is 0 Å². The minimum Gasteiger partial charge on any atom is -0.481 e. The highest BCUT2D eigenvalue weighted by molar-refractivity contribution is 5.66. The summed E-state index contributed by atoms with van der Waals surface area (Å²) in [6, 6.07) is 0. The van der Waals surface area contributed by atoms with Crippen LogP contribution >= 0.6 is 0 Å². The van der Waals surface area contributed by atoms with E-state index in [1.165, 1.54) is 70.6 Å². The molecule has 0 saturated heterocycles.